The predicted octanol–water partition coefficient (Wildman–Crippen LogP) is 2.84. The van der Waals surface area contributed by atoms with Crippen molar-refractivity contribution in [3.05, 3.63) is 51.1 Å². The van der Waals surface area contributed by atoms with Crippen LogP contribution in [0, 0.1) is 0 Å². The molecule has 1 aromatic carbocycles. The second-order valence-corrected chi connectivity index (χ2v) is 7.92. The largest absolute Gasteiger partial charge is 0.340 e. The van der Waals surface area contributed by atoms with Gasteiger partial charge in [-0.1, -0.05) is 22.0 Å². The number of benzene rings is 1. The molecule has 2 aromatic rings. The van der Waals surface area contributed by atoms with Crippen LogP contribution in [0.25, 0.3) is 0 Å². The first-order valence-electron chi connectivity index (χ1n) is 8.18. The lowest BCUT2D eigenvalue weighted by atomic mass is 10.2. The number of halogens is 1. The molecule has 0 spiro atoms. The number of amides is 2. The van der Waals surface area contributed by atoms with Crippen LogP contribution < -0.4 is 5.32 Å². The molecule has 3 rings (SSSR count). The van der Waals surface area contributed by atoms with Gasteiger partial charge in [-0.25, -0.2) is 0 Å². The van der Waals surface area contributed by atoms with E-state index in [0.717, 1.165) is 28.1 Å². The molecule has 1 aromatic heterocycles. The minimum absolute atomic E-state index is 0.0271. The summed E-state index contributed by atoms with van der Waals surface area (Å²) in [6, 6.07) is 11.5. The molecule has 132 valence electrons. The Morgan fingerprint density at radius 3 is 2.44 bits per heavy atom. The lowest BCUT2D eigenvalue weighted by molar-refractivity contribution is -0.132. The van der Waals surface area contributed by atoms with Gasteiger partial charge in [0, 0.05) is 41.2 Å². The smallest absolute Gasteiger partial charge is 0.238 e. The fourth-order valence-corrected chi connectivity index (χ4v) is 3.73. The molecule has 2 heterocycles. The molecule has 1 fully saturated rings. The highest BCUT2D eigenvalue weighted by Crippen LogP contribution is 2.15. The molecule has 0 unspecified atom stereocenters. The number of nitrogens with zero attached hydrogens (tertiary/aromatic N) is 2. The van der Waals surface area contributed by atoms with Crippen molar-refractivity contribution in [2.24, 2.45) is 0 Å². The van der Waals surface area contributed by atoms with E-state index in [0.29, 0.717) is 26.1 Å². The summed E-state index contributed by atoms with van der Waals surface area (Å²) >= 11 is 4.99. The van der Waals surface area contributed by atoms with Crippen molar-refractivity contribution in [1.29, 1.82) is 0 Å². The number of rotatable bonds is 5. The van der Waals surface area contributed by atoms with Crippen molar-refractivity contribution in [3.8, 4) is 0 Å². The fourth-order valence-electron chi connectivity index (χ4n) is 2.77. The number of carbonyl (C=O) groups excluding carboxylic acids is 2. The minimum atomic E-state index is -0.0271. The molecule has 0 aliphatic carbocycles. The maximum atomic E-state index is 12.3. The zero-order valence-corrected chi connectivity index (χ0v) is 16.2. The standard InChI is InChI=1S/C18H20BrN3O2S/c19-14-3-5-15(6-4-14)20-17(23)13-21-7-9-22(10-8-21)18(24)12-16-2-1-11-25-16/h1-6,11H,7-10,12-13H2,(H,20,23). The van der Waals surface area contributed by atoms with Crippen LogP contribution in [0.2, 0.25) is 0 Å². The topological polar surface area (TPSA) is 52.7 Å². The van der Waals surface area contributed by atoms with E-state index < -0.39 is 0 Å². The highest BCUT2D eigenvalue weighted by molar-refractivity contribution is 9.10. The first-order chi connectivity index (χ1) is 12.1. The van der Waals surface area contributed by atoms with Gasteiger partial charge in [-0.05, 0) is 35.7 Å². The van der Waals surface area contributed by atoms with Gasteiger partial charge in [-0.2, -0.15) is 0 Å². The summed E-state index contributed by atoms with van der Waals surface area (Å²) in [5, 5.41) is 4.89. The summed E-state index contributed by atoms with van der Waals surface area (Å²) in [6.07, 6.45) is 0.474. The second kappa shape index (κ2) is 8.60. The molecule has 1 aliphatic rings. The van der Waals surface area contributed by atoms with Crippen LogP contribution in [-0.2, 0) is 16.0 Å². The first kappa shape index (κ1) is 18.1. The van der Waals surface area contributed by atoms with Gasteiger partial charge in [0.1, 0.15) is 0 Å². The highest BCUT2D eigenvalue weighted by atomic mass is 79.9. The van der Waals surface area contributed by atoms with Gasteiger partial charge < -0.3 is 10.2 Å². The van der Waals surface area contributed by atoms with Crippen molar-refractivity contribution in [2.45, 2.75) is 6.42 Å². The van der Waals surface area contributed by atoms with Crippen LogP contribution >= 0.6 is 27.3 Å². The van der Waals surface area contributed by atoms with Crippen LogP contribution in [0.1, 0.15) is 4.88 Å². The maximum Gasteiger partial charge on any atom is 0.238 e. The molecule has 0 bridgehead atoms. The predicted molar refractivity (Wildman–Crippen MR) is 104 cm³/mol. The van der Waals surface area contributed by atoms with Crippen molar-refractivity contribution in [3.63, 3.8) is 0 Å². The average Bonchev–Trinajstić information content (AvgIpc) is 3.10. The van der Waals surface area contributed by atoms with Gasteiger partial charge in [0.05, 0.1) is 13.0 Å². The van der Waals surface area contributed by atoms with E-state index in [1.54, 1.807) is 11.3 Å². The van der Waals surface area contributed by atoms with E-state index in [4.69, 9.17) is 0 Å². The van der Waals surface area contributed by atoms with Gasteiger partial charge in [0.2, 0.25) is 11.8 Å². The van der Waals surface area contributed by atoms with Gasteiger partial charge >= 0.3 is 0 Å². The Hall–Kier alpha value is -1.70. The monoisotopic (exact) mass is 421 g/mol. The van der Waals surface area contributed by atoms with Gasteiger partial charge in [0.15, 0.2) is 0 Å². The van der Waals surface area contributed by atoms with Crippen LogP contribution in [0.3, 0.4) is 0 Å². The zero-order valence-electron chi connectivity index (χ0n) is 13.8. The number of nitrogens with one attached hydrogen (secondary N) is 1. The molecule has 1 saturated heterocycles. The average molecular weight is 422 g/mol. The van der Waals surface area contributed by atoms with Crippen LogP contribution in [0.4, 0.5) is 5.69 Å². The molecule has 5 nitrogen and oxygen atoms in total. The van der Waals surface area contributed by atoms with Gasteiger partial charge in [-0.3, -0.25) is 14.5 Å². The summed E-state index contributed by atoms with van der Waals surface area (Å²) in [5.74, 6) is 0.141. The van der Waals surface area contributed by atoms with Crippen molar-refractivity contribution in [1.82, 2.24) is 9.80 Å². The van der Waals surface area contributed by atoms with Crippen molar-refractivity contribution >= 4 is 44.8 Å². The fraction of sp³-hybridized carbons (Fsp3) is 0.333. The van der Waals surface area contributed by atoms with Crippen LogP contribution in [-0.4, -0.2) is 54.3 Å². The Bertz CT molecular complexity index is 710. The van der Waals surface area contributed by atoms with E-state index in [9.17, 15) is 9.59 Å². The molecular formula is C18H20BrN3O2S. The number of thiophene rings is 1. The van der Waals surface area contributed by atoms with E-state index >= 15 is 0 Å². The normalized spacial score (nSPS) is 15.2. The van der Waals surface area contributed by atoms with Crippen LogP contribution in [0.5, 0.6) is 0 Å². The summed E-state index contributed by atoms with van der Waals surface area (Å²) in [4.78, 5) is 29.5. The Labute approximate surface area is 159 Å². The summed E-state index contributed by atoms with van der Waals surface area (Å²) in [5.41, 5.74) is 0.790. The Morgan fingerprint density at radius 2 is 1.80 bits per heavy atom. The SMILES string of the molecule is O=C(CN1CCN(C(=O)Cc2cccs2)CC1)Nc1ccc(Br)cc1. The highest BCUT2D eigenvalue weighted by Gasteiger charge is 2.22. The summed E-state index contributed by atoms with van der Waals surface area (Å²) < 4.78 is 0.980. The molecule has 0 atom stereocenters. The lowest BCUT2D eigenvalue weighted by Gasteiger charge is -2.34. The Morgan fingerprint density at radius 1 is 1.08 bits per heavy atom. The Balaban J connectivity index is 1.42. The number of hydrogen-bond donors (Lipinski definition) is 1. The third-order valence-electron chi connectivity index (χ3n) is 4.13. The number of hydrogen-bond acceptors (Lipinski definition) is 4. The minimum Gasteiger partial charge on any atom is -0.340 e. The van der Waals surface area contributed by atoms with Crippen molar-refractivity contribution < 1.29 is 9.59 Å². The molecule has 1 N–H and O–H groups in total. The molecule has 0 saturated carbocycles. The molecule has 7 heteroatoms. The number of carbonyl (C=O) groups is 2. The lowest BCUT2D eigenvalue weighted by Crippen LogP contribution is -2.50. The van der Waals surface area contributed by atoms with E-state index in [1.165, 1.54) is 0 Å². The van der Waals surface area contributed by atoms with Crippen LogP contribution in [0.15, 0.2) is 46.3 Å². The maximum absolute atomic E-state index is 12.3. The zero-order chi connectivity index (χ0) is 17.6. The summed E-state index contributed by atoms with van der Waals surface area (Å²) in [6.45, 7) is 3.16. The molecule has 1 aliphatic heterocycles. The van der Waals surface area contributed by atoms with Gasteiger partial charge in [-0.15, -0.1) is 11.3 Å². The number of anilines is 1. The first-order valence-corrected chi connectivity index (χ1v) is 9.85. The molecular weight excluding hydrogens is 402 g/mol. The van der Waals surface area contributed by atoms with Crippen molar-refractivity contribution in [2.75, 3.05) is 38.0 Å². The second-order valence-electron chi connectivity index (χ2n) is 5.97. The molecule has 2 amide bonds. The van der Waals surface area contributed by atoms with E-state index in [-0.39, 0.29) is 11.8 Å². The quantitative estimate of drug-likeness (QED) is 0.807. The Kier molecular flexibility index (Phi) is 6.23. The van der Waals surface area contributed by atoms with E-state index in [2.05, 4.69) is 26.1 Å². The third-order valence-corrected chi connectivity index (χ3v) is 5.53. The van der Waals surface area contributed by atoms with E-state index in [1.807, 2.05) is 46.7 Å². The molecule has 0 radical (unpaired) electrons. The third kappa shape index (κ3) is 5.39. The molecule has 25 heavy (non-hydrogen) atoms. The van der Waals surface area contributed by atoms with Gasteiger partial charge in [0.25, 0.3) is 0 Å². The number of piperazine rings is 1. The summed E-state index contributed by atoms with van der Waals surface area (Å²) in [7, 11) is 0.